The summed E-state index contributed by atoms with van der Waals surface area (Å²) in [7, 11) is -0.505. The molecule has 0 fully saturated rings. The van der Waals surface area contributed by atoms with Crippen LogP contribution >= 0.6 is 0 Å². The van der Waals surface area contributed by atoms with Crippen molar-refractivity contribution in [1.29, 1.82) is 0 Å². The molecular formula is C29H30N2O5S. The Morgan fingerprint density at radius 2 is 1.84 bits per heavy atom. The molecule has 7 nitrogen and oxygen atoms in total. The Bertz CT molecular complexity index is 1450. The van der Waals surface area contributed by atoms with Crippen molar-refractivity contribution in [3.05, 3.63) is 95.6 Å². The number of ether oxygens (including phenoxy) is 2. The average Bonchev–Trinajstić information content (AvgIpc) is 3.39. The van der Waals surface area contributed by atoms with Crippen LogP contribution in [0.25, 0.3) is 0 Å². The largest absolute Gasteiger partial charge is 0.493 e. The third-order valence-corrected chi connectivity index (χ3v) is 8.89. The van der Waals surface area contributed by atoms with Crippen LogP contribution in [-0.4, -0.2) is 32.8 Å². The van der Waals surface area contributed by atoms with Gasteiger partial charge in [-0.15, -0.1) is 0 Å². The van der Waals surface area contributed by atoms with Gasteiger partial charge in [-0.1, -0.05) is 48.6 Å². The molecule has 3 unspecified atom stereocenters. The van der Waals surface area contributed by atoms with Gasteiger partial charge in [0.15, 0.2) is 11.5 Å². The summed E-state index contributed by atoms with van der Waals surface area (Å²) in [5.41, 5.74) is 3.83. The lowest BCUT2D eigenvalue weighted by Gasteiger charge is -2.38. The van der Waals surface area contributed by atoms with Gasteiger partial charge in [-0.3, -0.25) is 4.79 Å². The van der Waals surface area contributed by atoms with Crippen molar-refractivity contribution in [2.24, 2.45) is 5.92 Å². The molecule has 0 aromatic heterocycles. The highest BCUT2D eigenvalue weighted by Gasteiger charge is 2.39. The maximum Gasteiger partial charge on any atom is 0.308 e. The fraction of sp³-hybridized carbons (Fsp3) is 0.276. The fourth-order valence-electron chi connectivity index (χ4n) is 5.29. The molecule has 5 rings (SSSR count). The number of esters is 1. The molecule has 8 heteroatoms. The number of fused-ring (bicyclic) bond motifs is 3. The molecule has 1 heterocycles. The van der Waals surface area contributed by atoms with Crippen LogP contribution in [0.3, 0.4) is 0 Å². The number of methoxy groups -OCH3 is 1. The summed E-state index contributed by atoms with van der Waals surface area (Å²) in [5.74, 6) is 0.749. The number of rotatable bonds is 7. The maximum atomic E-state index is 13.4. The van der Waals surface area contributed by atoms with E-state index in [1.54, 1.807) is 26.3 Å². The zero-order valence-electron chi connectivity index (χ0n) is 21.0. The second kappa shape index (κ2) is 10.0. The van der Waals surface area contributed by atoms with Gasteiger partial charge in [0.2, 0.25) is 10.0 Å². The van der Waals surface area contributed by atoms with Crippen LogP contribution in [0.4, 0.5) is 5.69 Å². The third kappa shape index (κ3) is 4.86. The van der Waals surface area contributed by atoms with E-state index in [1.807, 2.05) is 54.6 Å². The molecule has 0 amide bonds. The monoisotopic (exact) mass is 518 g/mol. The summed E-state index contributed by atoms with van der Waals surface area (Å²) in [4.78, 5) is 11.7. The Balaban J connectivity index is 1.45. The lowest BCUT2D eigenvalue weighted by molar-refractivity contribution is -0.132. The number of carbonyl (C=O) groups excluding carboxylic acids is 1. The van der Waals surface area contributed by atoms with Crippen LogP contribution in [0.2, 0.25) is 0 Å². The molecule has 0 saturated heterocycles. The molecule has 192 valence electrons. The van der Waals surface area contributed by atoms with Crippen LogP contribution in [0.15, 0.2) is 83.8 Å². The van der Waals surface area contributed by atoms with Gasteiger partial charge < -0.3 is 14.8 Å². The van der Waals surface area contributed by atoms with Crippen LogP contribution < -0.4 is 14.8 Å². The third-order valence-electron chi connectivity index (χ3n) is 7.09. The Labute approximate surface area is 217 Å². The Morgan fingerprint density at radius 1 is 1.05 bits per heavy atom. The molecule has 1 aliphatic heterocycles. The van der Waals surface area contributed by atoms with Gasteiger partial charge in [-0.25, -0.2) is 8.42 Å². The lowest BCUT2D eigenvalue weighted by Crippen LogP contribution is -2.30. The molecule has 0 spiro atoms. The van der Waals surface area contributed by atoms with E-state index < -0.39 is 16.0 Å². The summed E-state index contributed by atoms with van der Waals surface area (Å²) in [5, 5.41) is 3.63. The number of nitrogens with zero attached hydrogens (tertiary/aromatic N) is 1. The summed E-state index contributed by atoms with van der Waals surface area (Å²) in [6, 6.07) is 20.5. The second-order valence-corrected chi connectivity index (χ2v) is 11.5. The van der Waals surface area contributed by atoms with Crippen LogP contribution in [0.5, 0.6) is 11.5 Å². The smallest absolute Gasteiger partial charge is 0.308 e. The first-order valence-electron chi connectivity index (χ1n) is 12.2. The Kier molecular flexibility index (Phi) is 6.79. The predicted molar refractivity (Wildman–Crippen MR) is 142 cm³/mol. The van der Waals surface area contributed by atoms with Crippen molar-refractivity contribution < 1.29 is 22.7 Å². The minimum atomic E-state index is -3.67. The van der Waals surface area contributed by atoms with E-state index in [0.717, 1.165) is 28.8 Å². The van der Waals surface area contributed by atoms with Crippen molar-refractivity contribution in [3.63, 3.8) is 0 Å². The van der Waals surface area contributed by atoms with E-state index in [0.29, 0.717) is 18.0 Å². The number of anilines is 1. The SMILES string of the molecule is COc1cc(C2Nc3ccc(S(=O)(=O)N(C)Cc4ccccc4)cc3C3C=CCC32)ccc1OC(C)=O. The van der Waals surface area contributed by atoms with Gasteiger partial charge in [0.1, 0.15) is 0 Å². The zero-order chi connectivity index (χ0) is 26.2. The molecule has 1 N–H and O–H groups in total. The highest BCUT2D eigenvalue weighted by atomic mass is 32.2. The van der Waals surface area contributed by atoms with E-state index in [4.69, 9.17) is 9.47 Å². The summed E-state index contributed by atoms with van der Waals surface area (Å²) >= 11 is 0. The molecule has 0 bridgehead atoms. The minimum Gasteiger partial charge on any atom is -0.493 e. The highest BCUT2D eigenvalue weighted by molar-refractivity contribution is 7.89. The highest BCUT2D eigenvalue weighted by Crippen LogP contribution is 2.51. The summed E-state index contributed by atoms with van der Waals surface area (Å²) < 4.78 is 39.0. The number of sulfonamides is 1. The molecule has 3 aromatic carbocycles. The topological polar surface area (TPSA) is 84.9 Å². The average molecular weight is 519 g/mol. The Morgan fingerprint density at radius 3 is 2.57 bits per heavy atom. The molecule has 1 aliphatic carbocycles. The van der Waals surface area contributed by atoms with Gasteiger partial charge in [0.05, 0.1) is 18.0 Å². The van der Waals surface area contributed by atoms with E-state index >= 15 is 0 Å². The van der Waals surface area contributed by atoms with Crippen LogP contribution in [0, 0.1) is 5.92 Å². The van der Waals surface area contributed by atoms with Gasteiger partial charge in [-0.05, 0) is 59.4 Å². The van der Waals surface area contributed by atoms with Gasteiger partial charge in [-0.2, -0.15) is 4.31 Å². The predicted octanol–water partition coefficient (Wildman–Crippen LogP) is 5.27. The quantitative estimate of drug-likeness (QED) is 0.261. The first-order valence-corrected chi connectivity index (χ1v) is 13.7. The number of hydrogen-bond donors (Lipinski definition) is 1. The van der Waals surface area contributed by atoms with E-state index in [-0.39, 0.29) is 22.8 Å². The maximum absolute atomic E-state index is 13.4. The van der Waals surface area contributed by atoms with Crippen LogP contribution in [-0.2, 0) is 21.4 Å². The number of allylic oxidation sites excluding steroid dienone is 2. The van der Waals surface area contributed by atoms with Crippen molar-refractivity contribution in [1.82, 2.24) is 4.31 Å². The number of nitrogens with one attached hydrogen (secondary N) is 1. The summed E-state index contributed by atoms with van der Waals surface area (Å²) in [6.07, 6.45) is 5.19. The molecule has 3 atom stereocenters. The first-order chi connectivity index (χ1) is 17.8. The lowest BCUT2D eigenvalue weighted by atomic mass is 9.77. The molecule has 3 aromatic rings. The molecular weight excluding hydrogens is 488 g/mol. The van der Waals surface area contributed by atoms with Crippen molar-refractivity contribution in [2.45, 2.75) is 36.7 Å². The molecule has 2 aliphatic rings. The summed E-state index contributed by atoms with van der Waals surface area (Å²) in [6.45, 7) is 1.66. The number of benzene rings is 3. The number of hydrogen-bond acceptors (Lipinski definition) is 6. The fourth-order valence-corrected chi connectivity index (χ4v) is 6.48. The van der Waals surface area contributed by atoms with Crippen molar-refractivity contribution in [3.8, 4) is 11.5 Å². The minimum absolute atomic E-state index is 0.0176. The molecule has 0 radical (unpaired) electrons. The van der Waals surface area contributed by atoms with Crippen LogP contribution in [0.1, 0.15) is 42.0 Å². The standard InChI is InChI=1S/C29H30N2O5S/c1-19(32)36-27-15-12-21(16-28(27)35-3)29-24-11-7-10-23(24)25-17-22(13-14-26(25)30-29)37(33,34)31(2)18-20-8-5-4-6-9-20/h4-10,12-17,23-24,29-30H,11,18H2,1-3H3. The van der Waals surface area contributed by atoms with Gasteiger partial charge in [0, 0.05) is 32.1 Å². The normalized spacial score (nSPS) is 20.2. The first kappa shape index (κ1) is 25.0. The molecule has 0 saturated carbocycles. The Hall–Kier alpha value is -3.62. The van der Waals surface area contributed by atoms with E-state index in [2.05, 4.69) is 17.5 Å². The van der Waals surface area contributed by atoms with Gasteiger partial charge >= 0.3 is 5.97 Å². The number of carbonyl (C=O) groups is 1. The van der Waals surface area contributed by atoms with E-state index in [9.17, 15) is 13.2 Å². The van der Waals surface area contributed by atoms with E-state index in [1.165, 1.54) is 11.2 Å². The van der Waals surface area contributed by atoms with Crippen molar-refractivity contribution >= 4 is 21.7 Å². The molecule has 37 heavy (non-hydrogen) atoms. The van der Waals surface area contributed by atoms with Gasteiger partial charge in [0.25, 0.3) is 0 Å². The zero-order valence-corrected chi connectivity index (χ0v) is 21.9. The second-order valence-electron chi connectivity index (χ2n) is 9.48. The van der Waals surface area contributed by atoms with Crippen molar-refractivity contribution in [2.75, 3.05) is 19.5 Å².